The summed E-state index contributed by atoms with van der Waals surface area (Å²) in [4.78, 5) is 22.8. The first-order chi connectivity index (χ1) is 18.8. The second-order valence-corrected chi connectivity index (χ2v) is 12.4. The summed E-state index contributed by atoms with van der Waals surface area (Å²) in [6.07, 6.45) is 1.35. The first kappa shape index (κ1) is 30.4. The van der Waals surface area contributed by atoms with E-state index in [4.69, 9.17) is 4.18 Å². The van der Waals surface area contributed by atoms with E-state index < -0.39 is 37.0 Å². The summed E-state index contributed by atoms with van der Waals surface area (Å²) in [6.45, 7) is 5.50. The van der Waals surface area contributed by atoms with Gasteiger partial charge in [0.15, 0.2) is 5.75 Å². The van der Waals surface area contributed by atoms with Crippen LogP contribution in [0.3, 0.4) is 0 Å². The number of carbonyl (C=O) groups excluding carboxylic acids is 1. The molecule has 0 aliphatic rings. The third-order valence-corrected chi connectivity index (χ3v) is 8.22. The first-order valence-corrected chi connectivity index (χ1v) is 14.9. The Morgan fingerprint density at radius 3 is 2.17 bits per heavy atom. The van der Waals surface area contributed by atoms with Gasteiger partial charge < -0.3 is 4.18 Å². The van der Waals surface area contributed by atoms with Crippen molar-refractivity contribution in [2.75, 3.05) is 0 Å². The van der Waals surface area contributed by atoms with Gasteiger partial charge in [-0.1, -0.05) is 43.7 Å². The van der Waals surface area contributed by atoms with Crippen molar-refractivity contribution in [3.8, 4) is 5.75 Å². The largest absolute Gasteiger partial charge is 0.378 e. The molecule has 3 aromatic carbocycles. The van der Waals surface area contributed by atoms with Crippen LogP contribution in [0.2, 0.25) is 0 Å². The Morgan fingerprint density at radius 2 is 1.57 bits per heavy atom. The zero-order valence-corrected chi connectivity index (χ0v) is 23.5. The van der Waals surface area contributed by atoms with Crippen LogP contribution in [0.25, 0.3) is 0 Å². The highest BCUT2D eigenvalue weighted by Gasteiger charge is 2.26. The summed E-state index contributed by atoms with van der Waals surface area (Å²) < 4.78 is 58.7. The van der Waals surface area contributed by atoms with Crippen LogP contribution in [0.4, 0.5) is 5.69 Å². The molecule has 1 atom stereocenters. The van der Waals surface area contributed by atoms with Gasteiger partial charge in [0.2, 0.25) is 10.0 Å². The third kappa shape index (κ3) is 8.18. The molecule has 0 saturated carbocycles. The molecule has 212 valence electrons. The average Bonchev–Trinajstić information content (AvgIpc) is 2.89. The maximum atomic E-state index is 12.9. The lowest BCUT2D eigenvalue weighted by Gasteiger charge is -2.19. The predicted octanol–water partition coefficient (Wildman–Crippen LogP) is 3.51. The highest BCUT2D eigenvalue weighted by atomic mass is 32.2. The van der Waals surface area contributed by atoms with Crippen LogP contribution in [0.1, 0.15) is 31.4 Å². The number of hydrazone groups is 1. The lowest BCUT2D eigenvalue weighted by Crippen LogP contribution is -2.46. The lowest BCUT2D eigenvalue weighted by molar-refractivity contribution is -0.384. The number of benzene rings is 3. The fourth-order valence-corrected chi connectivity index (χ4v) is 5.62. The topological polar surface area (TPSA) is 174 Å². The molecular formula is C26H28N4O8S2. The maximum absolute atomic E-state index is 12.9. The number of nitrogens with one attached hydrogen (secondary N) is 2. The van der Waals surface area contributed by atoms with Gasteiger partial charge >= 0.3 is 10.1 Å². The van der Waals surface area contributed by atoms with Gasteiger partial charge in [-0.3, -0.25) is 14.9 Å². The summed E-state index contributed by atoms with van der Waals surface area (Å²) in [5.41, 5.74) is 3.09. The molecule has 0 aliphatic carbocycles. The molecule has 0 fully saturated rings. The van der Waals surface area contributed by atoms with Crippen molar-refractivity contribution in [1.82, 2.24) is 10.1 Å². The molecule has 0 heterocycles. The molecule has 12 nitrogen and oxygen atoms in total. The minimum absolute atomic E-state index is 0.0171. The van der Waals surface area contributed by atoms with Crippen molar-refractivity contribution in [2.24, 2.45) is 11.0 Å². The Morgan fingerprint density at radius 1 is 0.975 bits per heavy atom. The van der Waals surface area contributed by atoms with Gasteiger partial charge in [-0.05, 0) is 55.7 Å². The zero-order valence-electron chi connectivity index (χ0n) is 21.8. The maximum Gasteiger partial charge on any atom is 0.339 e. The number of hydrogen-bond acceptors (Lipinski definition) is 9. The summed E-state index contributed by atoms with van der Waals surface area (Å²) in [7, 11) is -8.34. The van der Waals surface area contributed by atoms with Gasteiger partial charge in [0, 0.05) is 17.7 Å². The van der Waals surface area contributed by atoms with Crippen molar-refractivity contribution in [3.05, 3.63) is 94.0 Å². The van der Waals surface area contributed by atoms with E-state index in [9.17, 15) is 31.7 Å². The van der Waals surface area contributed by atoms with Crippen molar-refractivity contribution in [2.45, 2.75) is 43.0 Å². The van der Waals surface area contributed by atoms with Crippen molar-refractivity contribution in [3.63, 3.8) is 0 Å². The van der Waals surface area contributed by atoms with E-state index in [1.54, 1.807) is 18.2 Å². The third-order valence-electron chi connectivity index (χ3n) is 5.49. The van der Waals surface area contributed by atoms with Gasteiger partial charge in [-0.15, -0.1) is 0 Å². The normalized spacial score (nSPS) is 12.8. The monoisotopic (exact) mass is 588 g/mol. The molecular weight excluding hydrogens is 560 g/mol. The number of nitrogens with zero attached hydrogens (tertiary/aromatic N) is 2. The smallest absolute Gasteiger partial charge is 0.339 e. The van der Waals surface area contributed by atoms with E-state index in [1.165, 1.54) is 30.3 Å². The van der Waals surface area contributed by atoms with Crippen LogP contribution in [0.5, 0.6) is 5.75 Å². The minimum atomic E-state index is -4.34. The van der Waals surface area contributed by atoms with E-state index in [0.29, 0.717) is 0 Å². The molecule has 1 amide bonds. The second kappa shape index (κ2) is 12.8. The second-order valence-electron chi connectivity index (χ2n) is 9.18. The quantitative estimate of drug-likeness (QED) is 0.140. The Hall–Kier alpha value is -4.14. The van der Waals surface area contributed by atoms with Gasteiger partial charge in [0.25, 0.3) is 11.6 Å². The molecule has 0 bridgehead atoms. The number of sulfonamides is 1. The lowest BCUT2D eigenvalue weighted by atomic mass is 10.0. The molecule has 0 aliphatic heterocycles. The van der Waals surface area contributed by atoms with Crippen LogP contribution in [0.15, 0.2) is 87.7 Å². The summed E-state index contributed by atoms with van der Waals surface area (Å²) in [5, 5.41) is 14.7. The number of rotatable bonds is 12. The molecule has 40 heavy (non-hydrogen) atoms. The number of amides is 1. The van der Waals surface area contributed by atoms with Crippen molar-refractivity contribution in [1.29, 1.82) is 0 Å². The Balaban J connectivity index is 1.75. The SMILES string of the molecule is Cc1ccc(S(=O)(=O)N[C@H](CC(C)C)C(=O)N/N=C\c2ccccc2OS(=O)(=O)c2ccc([N+](=O)[O-])cc2)cc1. The molecule has 3 aromatic rings. The number of non-ortho nitro benzene ring substituents is 1. The molecule has 3 rings (SSSR count). The molecule has 0 saturated heterocycles. The summed E-state index contributed by atoms with van der Waals surface area (Å²) in [5.74, 6) is -0.852. The molecule has 0 radical (unpaired) electrons. The van der Waals surface area contributed by atoms with Gasteiger partial charge in [-0.2, -0.15) is 18.2 Å². The van der Waals surface area contributed by atoms with Gasteiger partial charge in [0.1, 0.15) is 10.9 Å². The molecule has 0 spiro atoms. The van der Waals surface area contributed by atoms with Crippen molar-refractivity contribution < 1.29 is 30.7 Å². The standard InChI is InChI=1S/C26H28N4O8S2/c1-18(2)16-24(29-39(34,35)22-12-8-19(3)9-13-22)26(31)28-27-17-20-6-4-5-7-25(20)38-40(36,37)23-14-10-21(11-15-23)30(32)33/h4-15,17-18,24,29H,16H2,1-3H3,(H,28,31)/b27-17-/t24-/m1/s1. The van der Waals surface area contributed by atoms with Crippen LogP contribution in [0, 0.1) is 23.0 Å². The molecule has 0 aromatic heterocycles. The molecule has 2 N–H and O–H groups in total. The highest BCUT2D eigenvalue weighted by molar-refractivity contribution is 7.89. The first-order valence-electron chi connectivity index (χ1n) is 12.0. The van der Waals surface area contributed by atoms with Crippen LogP contribution >= 0.6 is 0 Å². The number of nitro benzene ring substituents is 1. The Bertz CT molecular complexity index is 1600. The Labute approximate surface area is 232 Å². The molecule has 0 unspecified atom stereocenters. The minimum Gasteiger partial charge on any atom is -0.378 e. The molecule has 14 heteroatoms. The van der Waals surface area contributed by atoms with Gasteiger partial charge in [-0.25, -0.2) is 13.8 Å². The van der Waals surface area contributed by atoms with E-state index in [-0.39, 0.29) is 39.1 Å². The van der Waals surface area contributed by atoms with Crippen molar-refractivity contribution >= 4 is 38.0 Å². The number of hydrogen-bond donors (Lipinski definition) is 2. The van der Waals surface area contributed by atoms with E-state index >= 15 is 0 Å². The number of nitro groups is 1. The number of aryl methyl sites for hydroxylation is 1. The fourth-order valence-electron chi connectivity index (χ4n) is 3.46. The van der Waals surface area contributed by atoms with Crippen LogP contribution in [-0.4, -0.2) is 39.9 Å². The van der Waals surface area contributed by atoms with Gasteiger partial charge in [0.05, 0.1) is 16.0 Å². The summed E-state index contributed by atoms with van der Waals surface area (Å²) >= 11 is 0. The fraction of sp³-hybridized carbons (Fsp3) is 0.231. The van der Waals surface area contributed by atoms with Crippen LogP contribution < -0.4 is 14.3 Å². The summed E-state index contributed by atoms with van der Waals surface area (Å²) in [6, 6.07) is 15.2. The van der Waals surface area contributed by atoms with Crippen LogP contribution in [-0.2, 0) is 24.9 Å². The van der Waals surface area contributed by atoms with E-state index in [1.807, 2.05) is 20.8 Å². The highest BCUT2D eigenvalue weighted by Crippen LogP contribution is 2.23. The van der Waals surface area contributed by atoms with E-state index in [0.717, 1.165) is 36.0 Å². The van der Waals surface area contributed by atoms with E-state index in [2.05, 4.69) is 15.2 Å². The zero-order chi connectivity index (χ0) is 29.5. The average molecular weight is 589 g/mol. The number of carbonyl (C=O) groups is 1. The predicted molar refractivity (Wildman–Crippen MR) is 148 cm³/mol. The Kier molecular flexibility index (Phi) is 9.74. The number of para-hydroxylation sites is 1.